The van der Waals surface area contributed by atoms with E-state index in [-0.39, 0.29) is 5.66 Å². The van der Waals surface area contributed by atoms with E-state index in [1.165, 1.54) is 38.5 Å². The van der Waals surface area contributed by atoms with E-state index in [4.69, 9.17) is 6.42 Å². The number of carbonyl (C=O) groups excluding carboxylic acids is 1. The summed E-state index contributed by atoms with van der Waals surface area (Å²) in [6.07, 6.45) is 15.7. The zero-order valence-electron chi connectivity index (χ0n) is 12.8. The van der Waals surface area contributed by atoms with Crippen LogP contribution in [0.5, 0.6) is 0 Å². The smallest absolute Gasteiger partial charge is 0.222 e. The van der Waals surface area contributed by atoms with E-state index in [0.29, 0.717) is 24.8 Å². The standard InChI is InChI=1S/C17H25N3O/c1-2-3-11-17(18-19-17)12-10-16(21)20-13-6-8-14-7-4-5-9-15(14)20/h1,14-15H,3-13H2/t14-,15-/m0/s1. The Hall–Kier alpha value is -1.37. The van der Waals surface area contributed by atoms with Gasteiger partial charge in [-0.3, -0.25) is 4.79 Å². The normalized spacial score (nSPS) is 29.6. The molecule has 2 heterocycles. The van der Waals surface area contributed by atoms with E-state index in [2.05, 4.69) is 21.0 Å². The monoisotopic (exact) mass is 287 g/mol. The predicted molar refractivity (Wildman–Crippen MR) is 81.6 cm³/mol. The van der Waals surface area contributed by atoms with Crippen LogP contribution in [0, 0.1) is 18.3 Å². The molecule has 4 nitrogen and oxygen atoms in total. The van der Waals surface area contributed by atoms with E-state index in [9.17, 15) is 4.79 Å². The second kappa shape index (κ2) is 6.17. The molecule has 0 unspecified atom stereocenters. The minimum absolute atomic E-state index is 0.309. The van der Waals surface area contributed by atoms with Crippen molar-refractivity contribution in [3.63, 3.8) is 0 Å². The first kappa shape index (κ1) is 14.6. The molecule has 0 N–H and O–H groups in total. The minimum atomic E-state index is -0.316. The number of carbonyl (C=O) groups is 1. The molecule has 2 fully saturated rings. The summed E-state index contributed by atoms with van der Waals surface area (Å²) in [5, 5.41) is 8.26. The van der Waals surface area contributed by atoms with Crippen LogP contribution in [0.2, 0.25) is 0 Å². The average Bonchev–Trinajstić information content (AvgIpc) is 3.30. The molecule has 114 valence electrons. The largest absolute Gasteiger partial charge is 0.339 e. The van der Waals surface area contributed by atoms with Crippen molar-refractivity contribution in [3.05, 3.63) is 0 Å². The zero-order valence-corrected chi connectivity index (χ0v) is 12.8. The summed E-state index contributed by atoms with van der Waals surface area (Å²) in [7, 11) is 0. The summed E-state index contributed by atoms with van der Waals surface area (Å²) in [6.45, 7) is 0.950. The topological polar surface area (TPSA) is 45.0 Å². The second-order valence-corrected chi connectivity index (χ2v) is 6.73. The Kier molecular flexibility index (Phi) is 4.28. The summed E-state index contributed by atoms with van der Waals surface area (Å²) >= 11 is 0. The lowest BCUT2D eigenvalue weighted by molar-refractivity contribution is -0.137. The maximum atomic E-state index is 12.6. The Balaban J connectivity index is 1.51. The third-order valence-electron chi connectivity index (χ3n) is 5.36. The molecule has 0 aromatic heterocycles. The van der Waals surface area contributed by atoms with Gasteiger partial charge in [-0.2, -0.15) is 10.2 Å². The Morgan fingerprint density at radius 3 is 2.71 bits per heavy atom. The molecular formula is C17H25N3O. The first-order chi connectivity index (χ1) is 10.2. The summed E-state index contributed by atoms with van der Waals surface area (Å²) in [5.41, 5.74) is -0.316. The Labute approximate surface area is 127 Å². The third kappa shape index (κ3) is 3.28. The minimum Gasteiger partial charge on any atom is -0.339 e. The lowest BCUT2D eigenvalue weighted by Gasteiger charge is -2.44. The van der Waals surface area contributed by atoms with Crippen LogP contribution < -0.4 is 0 Å². The number of amides is 1. The highest BCUT2D eigenvalue weighted by molar-refractivity contribution is 5.76. The predicted octanol–water partition coefficient (Wildman–Crippen LogP) is 3.52. The molecule has 21 heavy (non-hydrogen) atoms. The van der Waals surface area contributed by atoms with Gasteiger partial charge in [0.25, 0.3) is 0 Å². The van der Waals surface area contributed by atoms with Gasteiger partial charge in [0.2, 0.25) is 5.91 Å². The highest BCUT2D eigenvalue weighted by Crippen LogP contribution is 2.39. The van der Waals surface area contributed by atoms with Gasteiger partial charge in [-0.15, -0.1) is 12.3 Å². The average molecular weight is 287 g/mol. The molecule has 0 aromatic rings. The van der Waals surface area contributed by atoms with Crippen molar-refractivity contribution < 1.29 is 4.79 Å². The van der Waals surface area contributed by atoms with Crippen LogP contribution in [-0.4, -0.2) is 29.1 Å². The maximum Gasteiger partial charge on any atom is 0.222 e. The third-order valence-corrected chi connectivity index (χ3v) is 5.36. The molecule has 0 spiro atoms. The lowest BCUT2D eigenvalue weighted by atomic mass is 9.78. The van der Waals surface area contributed by atoms with E-state index < -0.39 is 0 Å². The van der Waals surface area contributed by atoms with Crippen molar-refractivity contribution in [1.29, 1.82) is 0 Å². The van der Waals surface area contributed by atoms with Gasteiger partial charge >= 0.3 is 0 Å². The number of piperidine rings is 1. The van der Waals surface area contributed by atoms with Crippen LogP contribution in [0.1, 0.15) is 64.2 Å². The second-order valence-electron chi connectivity index (χ2n) is 6.73. The molecule has 0 aromatic carbocycles. The molecule has 0 radical (unpaired) electrons. The van der Waals surface area contributed by atoms with Crippen LogP contribution in [0.4, 0.5) is 0 Å². The van der Waals surface area contributed by atoms with Gasteiger partial charge in [0, 0.05) is 38.3 Å². The van der Waals surface area contributed by atoms with E-state index in [0.717, 1.165) is 25.3 Å². The number of likely N-dealkylation sites (tertiary alicyclic amines) is 1. The quantitative estimate of drug-likeness (QED) is 0.713. The van der Waals surface area contributed by atoms with Gasteiger partial charge in [-0.25, -0.2) is 0 Å². The fourth-order valence-corrected chi connectivity index (χ4v) is 4.05. The van der Waals surface area contributed by atoms with Gasteiger partial charge < -0.3 is 4.90 Å². The number of terminal acetylenes is 1. The molecule has 0 bridgehead atoms. The van der Waals surface area contributed by atoms with Crippen molar-refractivity contribution >= 4 is 5.91 Å². The van der Waals surface area contributed by atoms with Crippen molar-refractivity contribution in [1.82, 2.24) is 4.90 Å². The molecule has 2 aliphatic heterocycles. The number of fused-ring (bicyclic) bond motifs is 1. The molecule has 1 saturated heterocycles. The SMILES string of the molecule is C#CCCC1(CCC(=O)N2CCC[C@@H]3CCCC[C@@H]32)N=N1. The van der Waals surface area contributed by atoms with Gasteiger partial charge in [0.1, 0.15) is 0 Å². The van der Waals surface area contributed by atoms with E-state index in [1.807, 2.05) is 0 Å². The van der Waals surface area contributed by atoms with Gasteiger partial charge in [0.15, 0.2) is 5.66 Å². The Bertz CT molecular complexity index is 457. The van der Waals surface area contributed by atoms with Crippen LogP contribution in [-0.2, 0) is 4.79 Å². The fraction of sp³-hybridized carbons (Fsp3) is 0.824. The van der Waals surface area contributed by atoms with Gasteiger partial charge in [-0.1, -0.05) is 12.8 Å². The van der Waals surface area contributed by atoms with Crippen molar-refractivity contribution in [2.24, 2.45) is 16.1 Å². The molecular weight excluding hydrogens is 262 g/mol. The molecule has 4 heteroatoms. The van der Waals surface area contributed by atoms with Crippen LogP contribution in [0.3, 0.4) is 0 Å². The van der Waals surface area contributed by atoms with Crippen LogP contribution >= 0.6 is 0 Å². The number of hydrogen-bond acceptors (Lipinski definition) is 3. The molecule has 3 rings (SSSR count). The molecule has 3 aliphatic rings. The molecule has 1 aliphatic carbocycles. The van der Waals surface area contributed by atoms with Crippen LogP contribution in [0.15, 0.2) is 10.2 Å². The number of rotatable bonds is 5. The maximum absolute atomic E-state index is 12.6. The highest BCUT2D eigenvalue weighted by atomic mass is 16.2. The van der Waals surface area contributed by atoms with Crippen LogP contribution in [0.25, 0.3) is 0 Å². The van der Waals surface area contributed by atoms with Crippen molar-refractivity contribution in [2.45, 2.75) is 75.9 Å². The van der Waals surface area contributed by atoms with Crippen molar-refractivity contribution in [3.8, 4) is 12.3 Å². The number of hydrogen-bond donors (Lipinski definition) is 0. The Morgan fingerprint density at radius 1 is 1.19 bits per heavy atom. The molecule has 1 amide bonds. The zero-order chi connectivity index (χ0) is 14.7. The Morgan fingerprint density at radius 2 is 1.95 bits per heavy atom. The van der Waals surface area contributed by atoms with E-state index in [1.54, 1.807) is 0 Å². The van der Waals surface area contributed by atoms with Crippen molar-refractivity contribution in [2.75, 3.05) is 6.54 Å². The summed E-state index contributed by atoms with van der Waals surface area (Å²) < 4.78 is 0. The number of nitrogens with zero attached hydrogens (tertiary/aromatic N) is 3. The summed E-state index contributed by atoms with van der Waals surface area (Å²) in [4.78, 5) is 14.8. The van der Waals surface area contributed by atoms with Gasteiger partial charge in [-0.05, 0) is 31.6 Å². The first-order valence-corrected chi connectivity index (χ1v) is 8.41. The summed E-state index contributed by atoms with van der Waals surface area (Å²) in [5.74, 6) is 3.70. The highest BCUT2D eigenvalue weighted by Gasteiger charge is 2.41. The van der Waals surface area contributed by atoms with Gasteiger partial charge in [0.05, 0.1) is 0 Å². The summed E-state index contributed by atoms with van der Waals surface area (Å²) in [6, 6.07) is 0.509. The first-order valence-electron chi connectivity index (χ1n) is 8.41. The lowest BCUT2D eigenvalue weighted by Crippen LogP contribution is -2.49. The fourth-order valence-electron chi connectivity index (χ4n) is 4.05. The van der Waals surface area contributed by atoms with E-state index >= 15 is 0 Å². The molecule has 2 atom stereocenters. The molecule has 1 saturated carbocycles.